The second-order valence-corrected chi connectivity index (χ2v) is 8.28. The average molecular weight is 418 g/mol. The molecule has 2 fully saturated rings. The fourth-order valence-electron chi connectivity index (χ4n) is 4.90. The molecule has 8 heteroatoms. The molecule has 0 spiro atoms. The molecule has 7 nitrogen and oxygen atoms in total. The lowest BCUT2D eigenvalue weighted by atomic mass is 9.97. The minimum Gasteiger partial charge on any atom is -0.368 e. The van der Waals surface area contributed by atoms with Gasteiger partial charge in [-0.1, -0.05) is 6.07 Å². The van der Waals surface area contributed by atoms with Crippen LogP contribution in [0, 0.1) is 23.1 Å². The number of nitriles is 1. The standard InChI is InChI=1S/C23H23FN6O/c24-21-8-7-19(12-17(21)13-25)28-9-10-29-20(14-28)11-16(23(29)31)3-1-4-18-5-2-6-22-26-15-27-30(18)22/h2,5-8,12,15-16,20H,1,3-4,9-11,14H2/t16-,20-/m0/s1. The molecule has 2 aliphatic rings. The Balaban J connectivity index is 1.21. The summed E-state index contributed by atoms with van der Waals surface area (Å²) in [7, 11) is 0. The van der Waals surface area contributed by atoms with Gasteiger partial charge in [-0.05, 0) is 56.0 Å². The fourth-order valence-corrected chi connectivity index (χ4v) is 4.90. The van der Waals surface area contributed by atoms with E-state index in [-0.39, 0.29) is 23.4 Å². The molecule has 158 valence electrons. The van der Waals surface area contributed by atoms with Crippen LogP contribution >= 0.6 is 0 Å². The summed E-state index contributed by atoms with van der Waals surface area (Å²) in [5, 5.41) is 13.4. The molecular weight excluding hydrogens is 395 g/mol. The average Bonchev–Trinajstić information content (AvgIpc) is 3.39. The van der Waals surface area contributed by atoms with E-state index < -0.39 is 5.82 Å². The maximum Gasteiger partial charge on any atom is 0.226 e. The highest BCUT2D eigenvalue weighted by atomic mass is 19.1. The van der Waals surface area contributed by atoms with Gasteiger partial charge >= 0.3 is 0 Å². The van der Waals surface area contributed by atoms with E-state index in [1.807, 2.05) is 27.6 Å². The van der Waals surface area contributed by atoms with Crippen LogP contribution in [-0.2, 0) is 11.2 Å². The number of fused-ring (bicyclic) bond motifs is 2. The summed E-state index contributed by atoms with van der Waals surface area (Å²) in [5.41, 5.74) is 2.85. The molecule has 2 aliphatic heterocycles. The number of amides is 1. The van der Waals surface area contributed by atoms with Crippen molar-refractivity contribution < 1.29 is 9.18 Å². The monoisotopic (exact) mass is 418 g/mol. The van der Waals surface area contributed by atoms with Gasteiger partial charge in [0.1, 0.15) is 18.2 Å². The molecule has 0 N–H and O–H groups in total. The normalized spacial score (nSPS) is 20.8. The van der Waals surface area contributed by atoms with E-state index in [9.17, 15) is 9.18 Å². The van der Waals surface area contributed by atoms with Crippen LogP contribution in [0.1, 0.15) is 30.5 Å². The number of carbonyl (C=O) groups is 1. The molecule has 5 rings (SSSR count). The van der Waals surface area contributed by atoms with Crippen LogP contribution in [0.25, 0.3) is 5.65 Å². The molecule has 0 unspecified atom stereocenters. The third kappa shape index (κ3) is 3.61. The molecule has 3 aromatic rings. The van der Waals surface area contributed by atoms with Crippen LogP contribution in [-0.4, -0.2) is 51.1 Å². The number of anilines is 1. The van der Waals surface area contributed by atoms with Crippen LogP contribution in [0.3, 0.4) is 0 Å². The number of aromatic nitrogens is 3. The molecule has 2 saturated heterocycles. The van der Waals surface area contributed by atoms with E-state index in [0.29, 0.717) is 13.1 Å². The number of nitrogens with zero attached hydrogens (tertiary/aromatic N) is 6. The van der Waals surface area contributed by atoms with E-state index in [1.54, 1.807) is 18.5 Å². The van der Waals surface area contributed by atoms with Crippen molar-refractivity contribution in [2.75, 3.05) is 24.5 Å². The Morgan fingerprint density at radius 1 is 1.23 bits per heavy atom. The molecule has 4 heterocycles. The van der Waals surface area contributed by atoms with E-state index in [1.165, 1.54) is 6.07 Å². The first-order chi connectivity index (χ1) is 15.1. The Hall–Kier alpha value is -3.47. The number of piperazine rings is 1. The van der Waals surface area contributed by atoms with Crippen molar-refractivity contribution in [3.8, 4) is 6.07 Å². The van der Waals surface area contributed by atoms with Gasteiger partial charge in [-0.3, -0.25) is 4.79 Å². The Kier molecular flexibility index (Phi) is 5.02. The van der Waals surface area contributed by atoms with E-state index in [4.69, 9.17) is 5.26 Å². The number of benzene rings is 1. The van der Waals surface area contributed by atoms with Crippen molar-refractivity contribution in [1.82, 2.24) is 19.5 Å². The van der Waals surface area contributed by atoms with Crippen molar-refractivity contribution >= 4 is 17.2 Å². The molecule has 31 heavy (non-hydrogen) atoms. The highest BCUT2D eigenvalue weighted by Gasteiger charge is 2.41. The zero-order valence-electron chi connectivity index (χ0n) is 17.1. The molecular formula is C23H23FN6O. The van der Waals surface area contributed by atoms with Gasteiger partial charge in [0.25, 0.3) is 0 Å². The summed E-state index contributed by atoms with van der Waals surface area (Å²) >= 11 is 0. The smallest absolute Gasteiger partial charge is 0.226 e. The first-order valence-corrected chi connectivity index (χ1v) is 10.7. The van der Waals surface area contributed by atoms with Crippen molar-refractivity contribution in [3.05, 3.63) is 59.8 Å². The number of hydrogen-bond donors (Lipinski definition) is 0. The SMILES string of the molecule is N#Cc1cc(N2CCN3C(=O)[C@@H](CCCc4cccc5ncnn45)C[C@H]3C2)ccc1F. The van der Waals surface area contributed by atoms with Crippen molar-refractivity contribution in [2.45, 2.75) is 31.7 Å². The van der Waals surface area contributed by atoms with Gasteiger partial charge in [-0.15, -0.1) is 0 Å². The van der Waals surface area contributed by atoms with Crippen molar-refractivity contribution in [2.24, 2.45) is 5.92 Å². The summed E-state index contributed by atoms with van der Waals surface area (Å²) in [6.45, 7) is 2.08. The van der Waals surface area contributed by atoms with Gasteiger partial charge < -0.3 is 9.80 Å². The number of pyridine rings is 1. The molecule has 2 aromatic heterocycles. The van der Waals surface area contributed by atoms with Gasteiger partial charge in [-0.25, -0.2) is 13.9 Å². The Labute approximate surface area is 179 Å². The minimum absolute atomic E-state index is 0.0442. The second-order valence-electron chi connectivity index (χ2n) is 8.28. The fraction of sp³-hybridized carbons (Fsp3) is 0.391. The summed E-state index contributed by atoms with van der Waals surface area (Å²) in [6.07, 6.45) is 5.03. The summed E-state index contributed by atoms with van der Waals surface area (Å²) in [5.74, 6) is -0.203. The molecule has 0 saturated carbocycles. The summed E-state index contributed by atoms with van der Waals surface area (Å²) < 4.78 is 15.5. The van der Waals surface area contributed by atoms with Crippen molar-refractivity contribution in [1.29, 1.82) is 5.26 Å². The first kappa shape index (κ1) is 19.5. The third-order valence-corrected chi connectivity index (χ3v) is 6.47. The molecule has 2 atom stereocenters. The lowest BCUT2D eigenvalue weighted by Gasteiger charge is -2.38. The van der Waals surface area contributed by atoms with Crippen LogP contribution in [0.2, 0.25) is 0 Å². The topological polar surface area (TPSA) is 77.5 Å². The van der Waals surface area contributed by atoms with Gasteiger partial charge in [0.2, 0.25) is 5.91 Å². The van der Waals surface area contributed by atoms with Gasteiger partial charge in [0, 0.05) is 36.9 Å². The number of carbonyl (C=O) groups excluding carboxylic acids is 1. The number of halogens is 1. The predicted molar refractivity (Wildman–Crippen MR) is 113 cm³/mol. The molecule has 0 aliphatic carbocycles. The Morgan fingerprint density at radius 3 is 3.00 bits per heavy atom. The second kappa shape index (κ2) is 7.99. The lowest BCUT2D eigenvalue weighted by Crippen LogP contribution is -2.51. The third-order valence-electron chi connectivity index (χ3n) is 6.47. The largest absolute Gasteiger partial charge is 0.368 e. The maximum atomic E-state index is 13.7. The first-order valence-electron chi connectivity index (χ1n) is 10.7. The minimum atomic E-state index is -0.498. The predicted octanol–water partition coefficient (Wildman–Crippen LogP) is 2.80. The zero-order chi connectivity index (χ0) is 21.4. The number of hydrogen-bond acceptors (Lipinski definition) is 5. The molecule has 1 amide bonds. The van der Waals surface area contributed by atoms with Crippen LogP contribution in [0.5, 0.6) is 0 Å². The summed E-state index contributed by atoms with van der Waals surface area (Å²) in [4.78, 5) is 21.3. The lowest BCUT2D eigenvalue weighted by molar-refractivity contribution is -0.132. The van der Waals surface area contributed by atoms with Crippen LogP contribution < -0.4 is 4.90 Å². The number of rotatable bonds is 5. The highest BCUT2D eigenvalue weighted by Crippen LogP contribution is 2.33. The quantitative estimate of drug-likeness (QED) is 0.637. The van der Waals surface area contributed by atoms with E-state index in [0.717, 1.165) is 49.3 Å². The Bertz CT molecular complexity index is 1170. The van der Waals surface area contributed by atoms with Crippen molar-refractivity contribution in [3.63, 3.8) is 0 Å². The van der Waals surface area contributed by atoms with Gasteiger partial charge in [0.15, 0.2) is 5.65 Å². The number of aryl methyl sites for hydroxylation is 1. The maximum absolute atomic E-state index is 13.7. The van der Waals surface area contributed by atoms with E-state index in [2.05, 4.69) is 21.0 Å². The van der Waals surface area contributed by atoms with Gasteiger partial charge in [-0.2, -0.15) is 10.4 Å². The summed E-state index contributed by atoms with van der Waals surface area (Å²) in [6, 6.07) is 12.7. The molecule has 1 aromatic carbocycles. The van der Waals surface area contributed by atoms with Crippen LogP contribution in [0.15, 0.2) is 42.7 Å². The molecule has 0 bridgehead atoms. The highest BCUT2D eigenvalue weighted by molar-refractivity contribution is 5.82. The Morgan fingerprint density at radius 2 is 2.13 bits per heavy atom. The zero-order valence-corrected chi connectivity index (χ0v) is 17.1. The molecule has 0 radical (unpaired) electrons. The van der Waals surface area contributed by atoms with Gasteiger partial charge in [0.05, 0.1) is 11.6 Å². The van der Waals surface area contributed by atoms with Crippen LogP contribution in [0.4, 0.5) is 10.1 Å². The van der Waals surface area contributed by atoms with E-state index >= 15 is 0 Å².